The van der Waals surface area contributed by atoms with Gasteiger partial charge in [-0.25, -0.2) is 4.68 Å². The van der Waals surface area contributed by atoms with Crippen LogP contribution in [0.2, 0.25) is 0 Å². The summed E-state index contributed by atoms with van der Waals surface area (Å²) in [6, 6.07) is 3.77. The molecule has 1 aliphatic rings. The minimum atomic E-state index is 0.159. The summed E-state index contributed by atoms with van der Waals surface area (Å²) in [6.45, 7) is 4.76. The van der Waals surface area contributed by atoms with E-state index in [1.54, 1.807) is 17.2 Å². The van der Waals surface area contributed by atoms with Crippen LogP contribution in [-0.2, 0) is 4.74 Å². The third-order valence-electron chi connectivity index (χ3n) is 2.04. The molecule has 1 unspecified atom stereocenters. The number of epoxide rings is 1. The molecule has 0 aromatic carbocycles. The monoisotopic (exact) mass is 219 g/mol. The summed E-state index contributed by atoms with van der Waals surface area (Å²) in [5, 5.41) is 10.9. The fourth-order valence-corrected chi connectivity index (χ4v) is 1.25. The molecule has 1 saturated heterocycles. The molecule has 1 fully saturated rings. The first-order valence-corrected chi connectivity index (χ1v) is 5.24. The van der Waals surface area contributed by atoms with Gasteiger partial charge in [-0.1, -0.05) is 13.8 Å². The molecular formula is C10H13N5O. The predicted octanol–water partition coefficient (Wildman–Crippen LogP) is 1.15. The molecule has 84 valence electrons. The summed E-state index contributed by atoms with van der Waals surface area (Å²) >= 11 is 0. The van der Waals surface area contributed by atoms with Gasteiger partial charge in [-0.2, -0.15) is 0 Å². The highest BCUT2D eigenvalue weighted by Gasteiger charge is 2.26. The molecule has 6 nitrogen and oxygen atoms in total. The molecule has 2 aromatic heterocycles. The topological polar surface area (TPSA) is 69.0 Å². The Hall–Kier alpha value is -1.82. The lowest BCUT2D eigenvalue weighted by Crippen LogP contribution is -1.97. The smallest absolute Gasteiger partial charge is 0.143 e. The minimum Gasteiger partial charge on any atom is -0.366 e. The highest BCUT2D eigenvalue weighted by atomic mass is 16.6. The molecule has 1 aliphatic heterocycles. The SMILES string of the molecule is CC.c1cc(-n2cnnn2)cc(C2CO2)n1. The van der Waals surface area contributed by atoms with Crippen molar-refractivity contribution in [2.45, 2.75) is 20.0 Å². The van der Waals surface area contributed by atoms with Crippen LogP contribution in [0.5, 0.6) is 0 Å². The fourth-order valence-electron chi connectivity index (χ4n) is 1.25. The minimum absolute atomic E-state index is 0.159. The van der Waals surface area contributed by atoms with Crippen LogP contribution in [0.1, 0.15) is 25.6 Å². The molecule has 1 atom stereocenters. The van der Waals surface area contributed by atoms with Crippen molar-refractivity contribution < 1.29 is 4.74 Å². The van der Waals surface area contributed by atoms with Crippen molar-refractivity contribution in [3.05, 3.63) is 30.4 Å². The van der Waals surface area contributed by atoms with Crippen LogP contribution in [0, 0.1) is 0 Å². The molecule has 0 amide bonds. The summed E-state index contributed by atoms with van der Waals surface area (Å²) in [5.74, 6) is 0. The number of pyridine rings is 1. The van der Waals surface area contributed by atoms with E-state index in [1.807, 2.05) is 26.0 Å². The summed E-state index contributed by atoms with van der Waals surface area (Å²) in [4.78, 5) is 4.20. The van der Waals surface area contributed by atoms with Crippen molar-refractivity contribution >= 4 is 0 Å². The number of nitrogens with zero attached hydrogens (tertiary/aromatic N) is 5. The van der Waals surface area contributed by atoms with E-state index in [-0.39, 0.29) is 6.10 Å². The second kappa shape index (κ2) is 4.80. The zero-order chi connectivity index (χ0) is 11.4. The van der Waals surface area contributed by atoms with Gasteiger partial charge in [0.15, 0.2) is 0 Å². The highest BCUT2D eigenvalue weighted by Crippen LogP contribution is 2.28. The van der Waals surface area contributed by atoms with Crippen molar-refractivity contribution in [3.63, 3.8) is 0 Å². The Balaban J connectivity index is 0.000000457. The molecule has 0 saturated carbocycles. The molecule has 2 aromatic rings. The molecule has 0 spiro atoms. The van der Waals surface area contributed by atoms with Crippen molar-refractivity contribution in [2.75, 3.05) is 6.61 Å². The maximum Gasteiger partial charge on any atom is 0.143 e. The number of aromatic nitrogens is 5. The Morgan fingerprint density at radius 3 is 2.88 bits per heavy atom. The average molecular weight is 219 g/mol. The summed E-state index contributed by atoms with van der Waals surface area (Å²) in [5.41, 5.74) is 1.83. The second-order valence-corrected chi connectivity index (χ2v) is 3.02. The zero-order valence-corrected chi connectivity index (χ0v) is 9.24. The number of hydrogen-bond donors (Lipinski definition) is 0. The quantitative estimate of drug-likeness (QED) is 0.709. The van der Waals surface area contributed by atoms with Crippen LogP contribution in [0.25, 0.3) is 5.69 Å². The predicted molar refractivity (Wildman–Crippen MR) is 57.0 cm³/mol. The van der Waals surface area contributed by atoms with Crippen molar-refractivity contribution in [2.24, 2.45) is 0 Å². The lowest BCUT2D eigenvalue weighted by molar-refractivity contribution is 0.411. The van der Waals surface area contributed by atoms with Gasteiger partial charge < -0.3 is 4.74 Å². The van der Waals surface area contributed by atoms with E-state index in [4.69, 9.17) is 4.74 Å². The second-order valence-electron chi connectivity index (χ2n) is 3.02. The third kappa shape index (κ3) is 2.22. The standard InChI is InChI=1S/C8H7N5O.C2H6/c1-2-9-7(8-4-14-8)3-6(1)13-5-10-11-12-13;1-2/h1-3,5,8H,4H2;1-2H3. The first-order valence-electron chi connectivity index (χ1n) is 5.24. The van der Waals surface area contributed by atoms with E-state index in [9.17, 15) is 0 Å². The van der Waals surface area contributed by atoms with Crippen LogP contribution in [-0.4, -0.2) is 31.8 Å². The van der Waals surface area contributed by atoms with Crippen molar-refractivity contribution in [1.29, 1.82) is 0 Å². The molecular weight excluding hydrogens is 206 g/mol. The van der Waals surface area contributed by atoms with Gasteiger partial charge in [0.25, 0.3) is 0 Å². The summed E-state index contributed by atoms with van der Waals surface area (Å²) in [7, 11) is 0. The lowest BCUT2D eigenvalue weighted by Gasteiger charge is -1.99. The first-order chi connectivity index (χ1) is 7.93. The van der Waals surface area contributed by atoms with Crippen LogP contribution >= 0.6 is 0 Å². The molecule has 3 heterocycles. The van der Waals surface area contributed by atoms with Gasteiger partial charge in [0.05, 0.1) is 18.0 Å². The lowest BCUT2D eigenvalue weighted by atomic mass is 10.2. The van der Waals surface area contributed by atoms with Gasteiger partial charge in [0.1, 0.15) is 12.4 Å². The van der Waals surface area contributed by atoms with Crippen LogP contribution in [0.3, 0.4) is 0 Å². The fraction of sp³-hybridized carbons (Fsp3) is 0.400. The van der Waals surface area contributed by atoms with Gasteiger partial charge in [-0.3, -0.25) is 4.98 Å². The van der Waals surface area contributed by atoms with Crippen molar-refractivity contribution in [1.82, 2.24) is 25.2 Å². The molecule has 0 aliphatic carbocycles. The zero-order valence-electron chi connectivity index (χ0n) is 9.24. The van der Waals surface area contributed by atoms with Gasteiger partial charge >= 0.3 is 0 Å². The van der Waals surface area contributed by atoms with Crippen LogP contribution < -0.4 is 0 Å². The van der Waals surface area contributed by atoms with Gasteiger partial charge in [0, 0.05) is 6.20 Å². The first kappa shape index (κ1) is 10.7. The van der Waals surface area contributed by atoms with E-state index >= 15 is 0 Å². The molecule has 3 rings (SSSR count). The Morgan fingerprint density at radius 1 is 1.44 bits per heavy atom. The van der Waals surface area contributed by atoms with E-state index in [0.29, 0.717) is 0 Å². The molecule has 0 bridgehead atoms. The molecule has 6 heteroatoms. The summed E-state index contributed by atoms with van der Waals surface area (Å²) < 4.78 is 6.73. The van der Waals surface area contributed by atoms with E-state index in [0.717, 1.165) is 18.0 Å². The number of hydrogen-bond acceptors (Lipinski definition) is 5. The normalized spacial score (nSPS) is 17.5. The highest BCUT2D eigenvalue weighted by molar-refractivity contribution is 5.31. The van der Waals surface area contributed by atoms with E-state index in [2.05, 4.69) is 20.5 Å². The maximum atomic E-state index is 5.14. The van der Waals surface area contributed by atoms with E-state index in [1.165, 1.54) is 0 Å². The Bertz CT molecular complexity index is 438. The number of ether oxygens (including phenoxy) is 1. The molecule has 0 N–H and O–H groups in total. The van der Waals surface area contributed by atoms with Crippen LogP contribution in [0.4, 0.5) is 0 Å². The summed E-state index contributed by atoms with van der Waals surface area (Å²) in [6.07, 6.45) is 3.44. The Labute approximate surface area is 93.3 Å². The van der Waals surface area contributed by atoms with Gasteiger partial charge in [-0.05, 0) is 22.6 Å². The number of tetrazole rings is 1. The molecule has 0 radical (unpaired) electrons. The Kier molecular flexibility index (Phi) is 3.21. The van der Waals surface area contributed by atoms with Crippen molar-refractivity contribution in [3.8, 4) is 5.69 Å². The number of rotatable bonds is 2. The van der Waals surface area contributed by atoms with Crippen LogP contribution in [0.15, 0.2) is 24.7 Å². The Morgan fingerprint density at radius 2 is 2.25 bits per heavy atom. The molecule has 16 heavy (non-hydrogen) atoms. The van der Waals surface area contributed by atoms with Gasteiger partial charge in [-0.15, -0.1) is 5.10 Å². The maximum absolute atomic E-state index is 5.14. The largest absolute Gasteiger partial charge is 0.366 e. The third-order valence-corrected chi connectivity index (χ3v) is 2.04. The average Bonchev–Trinajstić information content (AvgIpc) is 3.07. The van der Waals surface area contributed by atoms with Gasteiger partial charge in [0.2, 0.25) is 0 Å². The van der Waals surface area contributed by atoms with E-state index < -0.39 is 0 Å².